The molecule has 2 aliphatic rings. The van der Waals surface area contributed by atoms with Crippen LogP contribution in [-0.2, 0) is 25.6 Å². The Bertz CT molecular complexity index is 577. The molecular weight excluding hydrogens is 312 g/mol. The molecule has 2 amide bonds. The normalized spacial score (nSPS) is 27.2. The zero-order valence-electron chi connectivity index (χ0n) is 13.9. The van der Waals surface area contributed by atoms with E-state index < -0.39 is 5.60 Å². The monoisotopic (exact) mass is 336 g/mol. The van der Waals surface area contributed by atoms with E-state index in [4.69, 9.17) is 9.47 Å². The molecule has 2 unspecified atom stereocenters. The Morgan fingerprint density at radius 2 is 2.33 bits per heavy atom. The Labute approximate surface area is 141 Å². The number of ether oxygens (including phenoxy) is 2. The molecule has 0 radical (unpaired) electrons. The molecule has 3 rings (SSSR count). The van der Waals surface area contributed by atoms with Crippen LogP contribution in [0.15, 0.2) is 18.5 Å². The summed E-state index contributed by atoms with van der Waals surface area (Å²) in [5.41, 5.74) is -0.458. The highest BCUT2D eigenvalue weighted by Crippen LogP contribution is 2.33. The van der Waals surface area contributed by atoms with Gasteiger partial charge in [-0.05, 0) is 18.9 Å². The van der Waals surface area contributed by atoms with Crippen molar-refractivity contribution in [1.82, 2.24) is 20.0 Å². The first-order valence-electron chi connectivity index (χ1n) is 8.32. The molecule has 3 heterocycles. The van der Waals surface area contributed by atoms with E-state index in [1.54, 1.807) is 11.1 Å². The number of aromatic nitrogens is 2. The number of hydrogen-bond acceptors (Lipinski definition) is 5. The van der Waals surface area contributed by atoms with Gasteiger partial charge in [0, 0.05) is 25.9 Å². The van der Waals surface area contributed by atoms with Crippen molar-refractivity contribution in [3.8, 4) is 0 Å². The number of carbonyl (C=O) groups excluding carboxylic acids is 2. The highest BCUT2D eigenvalue weighted by Gasteiger charge is 2.44. The number of nitrogens with one attached hydrogen (secondary N) is 1. The second-order valence-electron chi connectivity index (χ2n) is 6.47. The maximum atomic E-state index is 12.3. The molecule has 8 heteroatoms. The summed E-state index contributed by atoms with van der Waals surface area (Å²) >= 11 is 0. The molecule has 1 N–H and O–H groups in total. The maximum absolute atomic E-state index is 12.3. The summed E-state index contributed by atoms with van der Waals surface area (Å²) in [6.45, 7) is 4.12. The van der Waals surface area contributed by atoms with Gasteiger partial charge in [-0.25, -0.2) is 0 Å². The summed E-state index contributed by atoms with van der Waals surface area (Å²) in [6.07, 6.45) is 5.50. The van der Waals surface area contributed by atoms with Crippen LogP contribution in [0.2, 0.25) is 0 Å². The predicted octanol–water partition coefficient (Wildman–Crippen LogP) is -0.204. The van der Waals surface area contributed by atoms with Gasteiger partial charge in [-0.15, -0.1) is 0 Å². The van der Waals surface area contributed by atoms with Gasteiger partial charge in [0.1, 0.15) is 5.60 Å². The summed E-state index contributed by atoms with van der Waals surface area (Å²) in [7, 11) is 0. The van der Waals surface area contributed by atoms with Crippen LogP contribution in [-0.4, -0.2) is 71.0 Å². The number of carbonyl (C=O) groups is 2. The van der Waals surface area contributed by atoms with Gasteiger partial charge in [0.2, 0.25) is 11.8 Å². The molecular formula is C16H24N4O4. The van der Waals surface area contributed by atoms with Crippen molar-refractivity contribution in [2.45, 2.75) is 38.0 Å². The second-order valence-corrected chi connectivity index (χ2v) is 6.47. The lowest BCUT2D eigenvalue weighted by Gasteiger charge is -2.32. The van der Waals surface area contributed by atoms with Gasteiger partial charge in [0.15, 0.2) is 0 Å². The van der Waals surface area contributed by atoms with Gasteiger partial charge in [-0.1, -0.05) is 0 Å². The maximum Gasteiger partial charge on any atom is 0.242 e. The minimum absolute atomic E-state index is 0.0160. The molecule has 24 heavy (non-hydrogen) atoms. The zero-order chi connectivity index (χ0) is 17.0. The van der Waals surface area contributed by atoms with Crippen molar-refractivity contribution >= 4 is 11.8 Å². The molecule has 0 aliphatic carbocycles. The summed E-state index contributed by atoms with van der Waals surface area (Å²) in [6, 6.07) is 1.89. The third-order valence-corrected chi connectivity index (χ3v) is 4.48. The summed E-state index contributed by atoms with van der Waals surface area (Å²) in [4.78, 5) is 25.1. The van der Waals surface area contributed by atoms with Gasteiger partial charge in [-0.3, -0.25) is 14.3 Å². The Balaban J connectivity index is 1.60. The number of amides is 2. The molecule has 2 aliphatic heterocycles. The van der Waals surface area contributed by atoms with Crippen LogP contribution in [0.5, 0.6) is 0 Å². The number of hydrogen-bond donors (Lipinski definition) is 1. The van der Waals surface area contributed by atoms with E-state index in [2.05, 4.69) is 10.4 Å². The fourth-order valence-electron chi connectivity index (χ4n) is 3.29. The molecule has 2 fully saturated rings. The highest BCUT2D eigenvalue weighted by atomic mass is 16.6. The minimum Gasteiger partial charge on any atom is -0.377 e. The smallest absolute Gasteiger partial charge is 0.242 e. The Morgan fingerprint density at radius 3 is 3.08 bits per heavy atom. The first-order valence-corrected chi connectivity index (χ1v) is 8.32. The second kappa shape index (κ2) is 7.31. The van der Waals surface area contributed by atoms with E-state index >= 15 is 0 Å². The lowest BCUT2D eigenvalue weighted by Crippen LogP contribution is -2.49. The minimum atomic E-state index is -0.458. The Hall–Kier alpha value is -1.93. The van der Waals surface area contributed by atoms with Crippen molar-refractivity contribution in [3.05, 3.63) is 18.5 Å². The molecule has 132 valence electrons. The van der Waals surface area contributed by atoms with Crippen LogP contribution in [0.3, 0.4) is 0 Å². The van der Waals surface area contributed by atoms with Gasteiger partial charge < -0.3 is 19.7 Å². The third kappa shape index (κ3) is 4.12. The molecule has 1 aromatic heterocycles. The van der Waals surface area contributed by atoms with Crippen molar-refractivity contribution in [3.63, 3.8) is 0 Å². The van der Waals surface area contributed by atoms with E-state index in [9.17, 15) is 9.59 Å². The van der Waals surface area contributed by atoms with Crippen LogP contribution < -0.4 is 5.32 Å². The molecule has 2 saturated heterocycles. The zero-order valence-corrected chi connectivity index (χ0v) is 13.9. The van der Waals surface area contributed by atoms with Crippen LogP contribution in [0.4, 0.5) is 0 Å². The molecule has 2 atom stereocenters. The lowest BCUT2D eigenvalue weighted by atomic mass is 10.00. The van der Waals surface area contributed by atoms with Crippen molar-refractivity contribution in [2.24, 2.45) is 0 Å². The molecule has 1 spiro atoms. The largest absolute Gasteiger partial charge is 0.377 e. The van der Waals surface area contributed by atoms with Crippen LogP contribution in [0.1, 0.15) is 19.8 Å². The first-order chi connectivity index (χ1) is 11.6. The summed E-state index contributed by atoms with van der Waals surface area (Å²) < 4.78 is 13.8. The van der Waals surface area contributed by atoms with Crippen LogP contribution in [0.25, 0.3) is 0 Å². The molecule has 0 aromatic carbocycles. The predicted molar refractivity (Wildman–Crippen MR) is 85.1 cm³/mol. The fraction of sp³-hybridized carbons (Fsp3) is 0.688. The average Bonchev–Trinajstić information content (AvgIpc) is 3.13. The standard InChI is InChI=1S/C16H24N4O4/c1-13(21)17-9-15(22)19-7-8-23-12-16(11-19)4-3-14(24-16)10-20-6-2-5-18-20/h2,5-6,14H,3-4,7-12H2,1H3,(H,17,21). The van der Waals surface area contributed by atoms with Crippen LogP contribution in [0, 0.1) is 0 Å². The summed E-state index contributed by atoms with van der Waals surface area (Å²) in [5.74, 6) is -0.310. The van der Waals surface area contributed by atoms with Gasteiger partial charge >= 0.3 is 0 Å². The van der Waals surface area contributed by atoms with Crippen molar-refractivity contribution in [2.75, 3.05) is 32.8 Å². The van der Waals surface area contributed by atoms with E-state index in [1.165, 1.54) is 6.92 Å². The fourth-order valence-corrected chi connectivity index (χ4v) is 3.29. The quantitative estimate of drug-likeness (QED) is 0.823. The molecule has 8 nitrogen and oxygen atoms in total. The van der Waals surface area contributed by atoms with E-state index in [-0.39, 0.29) is 24.5 Å². The average molecular weight is 336 g/mol. The highest BCUT2D eigenvalue weighted by molar-refractivity contribution is 5.83. The van der Waals surface area contributed by atoms with E-state index in [0.717, 1.165) is 12.8 Å². The first kappa shape index (κ1) is 16.9. The van der Waals surface area contributed by atoms with Crippen LogP contribution >= 0.6 is 0 Å². The summed E-state index contributed by atoms with van der Waals surface area (Å²) in [5, 5.41) is 6.77. The third-order valence-electron chi connectivity index (χ3n) is 4.48. The van der Waals surface area contributed by atoms with E-state index in [1.807, 2.05) is 16.9 Å². The SMILES string of the molecule is CC(=O)NCC(=O)N1CCOCC2(CCC(Cn3cccn3)O2)C1. The lowest BCUT2D eigenvalue weighted by molar-refractivity contribution is -0.137. The number of rotatable bonds is 4. The molecule has 0 bridgehead atoms. The Kier molecular flexibility index (Phi) is 5.15. The Morgan fingerprint density at radius 1 is 1.46 bits per heavy atom. The van der Waals surface area contributed by atoms with Crippen molar-refractivity contribution in [1.29, 1.82) is 0 Å². The van der Waals surface area contributed by atoms with Gasteiger partial charge in [0.25, 0.3) is 0 Å². The van der Waals surface area contributed by atoms with Gasteiger partial charge in [0.05, 0.1) is 39.0 Å². The molecule has 0 saturated carbocycles. The van der Waals surface area contributed by atoms with E-state index in [0.29, 0.717) is 32.8 Å². The van der Waals surface area contributed by atoms with Gasteiger partial charge in [-0.2, -0.15) is 5.10 Å². The molecule has 1 aromatic rings. The number of nitrogens with zero attached hydrogens (tertiary/aromatic N) is 3. The topological polar surface area (TPSA) is 85.7 Å². The van der Waals surface area contributed by atoms with Crippen molar-refractivity contribution < 1.29 is 19.1 Å².